The average molecular weight is 244 g/mol. The Morgan fingerprint density at radius 3 is 2.50 bits per heavy atom. The maximum Gasteiger partial charge on any atom is 0.321 e. The number of aromatic hydroxyl groups is 1. The van der Waals surface area contributed by atoms with Gasteiger partial charge in [0.1, 0.15) is 11.8 Å². The zero-order chi connectivity index (χ0) is 12.5. The summed E-state index contributed by atoms with van der Waals surface area (Å²) in [5.41, 5.74) is 5.18. The van der Waals surface area contributed by atoms with E-state index in [-0.39, 0.29) is 5.75 Å². The lowest BCUT2D eigenvalue weighted by Gasteiger charge is -2.29. The van der Waals surface area contributed by atoms with Crippen molar-refractivity contribution < 1.29 is 15.0 Å². The number of phenols is 1. The summed E-state index contributed by atoms with van der Waals surface area (Å²) >= 11 is 5.70. The Bertz CT molecular complexity index is 418. The van der Waals surface area contributed by atoms with Crippen molar-refractivity contribution in [2.75, 3.05) is 0 Å². The van der Waals surface area contributed by atoms with Crippen LogP contribution in [0.5, 0.6) is 5.75 Å². The molecule has 16 heavy (non-hydrogen) atoms. The Morgan fingerprint density at radius 2 is 2.06 bits per heavy atom. The van der Waals surface area contributed by atoms with Crippen molar-refractivity contribution in [3.8, 4) is 5.75 Å². The molecule has 0 aliphatic heterocycles. The largest absolute Gasteiger partial charge is 0.508 e. The normalized spacial score (nSPS) is 13.5. The fourth-order valence-electron chi connectivity index (χ4n) is 1.53. The van der Waals surface area contributed by atoms with Gasteiger partial charge in [-0.05, 0) is 12.1 Å². The van der Waals surface area contributed by atoms with Gasteiger partial charge in [-0.2, -0.15) is 0 Å². The number of hydrogen-bond acceptors (Lipinski definition) is 3. The minimum atomic E-state index is -1.11. The van der Waals surface area contributed by atoms with Gasteiger partial charge in [-0.25, -0.2) is 0 Å². The van der Waals surface area contributed by atoms with E-state index in [9.17, 15) is 9.90 Å². The molecule has 0 spiro atoms. The number of aliphatic carboxylic acids is 1. The molecule has 0 aliphatic rings. The molecule has 88 valence electrons. The summed E-state index contributed by atoms with van der Waals surface area (Å²) < 4.78 is 0. The van der Waals surface area contributed by atoms with E-state index in [0.29, 0.717) is 10.6 Å². The van der Waals surface area contributed by atoms with E-state index >= 15 is 0 Å². The number of nitrogens with two attached hydrogens (primary N) is 1. The van der Waals surface area contributed by atoms with Crippen LogP contribution in [0.15, 0.2) is 18.2 Å². The van der Waals surface area contributed by atoms with Gasteiger partial charge in [0.2, 0.25) is 0 Å². The molecular formula is C11H14ClNO3. The van der Waals surface area contributed by atoms with Gasteiger partial charge in [0.15, 0.2) is 0 Å². The molecule has 0 fully saturated rings. The van der Waals surface area contributed by atoms with Crippen molar-refractivity contribution in [2.24, 2.45) is 5.73 Å². The Hall–Kier alpha value is -1.26. The molecule has 1 aromatic carbocycles. The minimum Gasteiger partial charge on any atom is -0.508 e. The molecule has 4 N–H and O–H groups in total. The fraction of sp³-hybridized carbons (Fsp3) is 0.364. The van der Waals surface area contributed by atoms with Crippen LogP contribution < -0.4 is 5.73 Å². The van der Waals surface area contributed by atoms with Crippen molar-refractivity contribution in [3.05, 3.63) is 28.8 Å². The van der Waals surface area contributed by atoms with E-state index in [1.54, 1.807) is 26.0 Å². The molecule has 0 radical (unpaired) electrons. The topological polar surface area (TPSA) is 83.5 Å². The van der Waals surface area contributed by atoms with Crippen LogP contribution in [0.25, 0.3) is 0 Å². The molecule has 5 heteroatoms. The molecule has 0 heterocycles. The molecule has 0 amide bonds. The predicted molar refractivity (Wildman–Crippen MR) is 61.8 cm³/mol. The number of phenolic OH excluding ortho intramolecular Hbond substituents is 1. The highest BCUT2D eigenvalue weighted by Gasteiger charge is 2.35. The van der Waals surface area contributed by atoms with Gasteiger partial charge < -0.3 is 15.9 Å². The second-order valence-corrected chi connectivity index (χ2v) is 4.64. The minimum absolute atomic E-state index is 0.0470. The second kappa shape index (κ2) is 4.31. The number of halogens is 1. The molecule has 4 nitrogen and oxygen atoms in total. The third-order valence-corrected chi connectivity index (χ3v) is 2.93. The Kier molecular flexibility index (Phi) is 3.45. The SMILES string of the molecule is CC(C)(c1ccc(Cl)cc1O)C(N)C(=O)O. The Balaban J connectivity index is 3.21. The van der Waals surface area contributed by atoms with E-state index in [1.165, 1.54) is 6.07 Å². The van der Waals surface area contributed by atoms with Crippen LogP contribution >= 0.6 is 11.6 Å². The van der Waals surface area contributed by atoms with E-state index in [4.69, 9.17) is 22.4 Å². The predicted octanol–water partition coefficient (Wildman–Crippen LogP) is 1.74. The smallest absolute Gasteiger partial charge is 0.321 e. The third-order valence-electron chi connectivity index (χ3n) is 2.70. The van der Waals surface area contributed by atoms with Gasteiger partial charge in [0.25, 0.3) is 0 Å². The highest BCUT2D eigenvalue weighted by atomic mass is 35.5. The zero-order valence-electron chi connectivity index (χ0n) is 9.07. The second-order valence-electron chi connectivity index (χ2n) is 4.20. The lowest BCUT2D eigenvalue weighted by Crippen LogP contribution is -2.46. The first-order valence-electron chi connectivity index (χ1n) is 4.74. The molecule has 0 aliphatic carbocycles. The highest BCUT2D eigenvalue weighted by molar-refractivity contribution is 6.30. The molecule has 0 saturated carbocycles. The number of benzene rings is 1. The summed E-state index contributed by atoms with van der Waals surface area (Å²) in [7, 11) is 0. The maximum atomic E-state index is 10.9. The summed E-state index contributed by atoms with van der Waals surface area (Å²) in [6, 6.07) is 3.44. The molecule has 0 saturated heterocycles. The molecule has 0 aromatic heterocycles. The van der Waals surface area contributed by atoms with Crippen molar-refractivity contribution in [1.29, 1.82) is 0 Å². The van der Waals surface area contributed by atoms with Gasteiger partial charge in [-0.1, -0.05) is 31.5 Å². The van der Waals surface area contributed by atoms with Crippen LogP contribution in [0, 0.1) is 0 Å². The summed E-state index contributed by atoms with van der Waals surface area (Å²) in [5, 5.41) is 19.0. The van der Waals surface area contributed by atoms with Crippen LogP contribution in [0.2, 0.25) is 5.02 Å². The Morgan fingerprint density at radius 1 is 1.50 bits per heavy atom. The lowest BCUT2D eigenvalue weighted by atomic mass is 9.77. The summed E-state index contributed by atoms with van der Waals surface area (Å²) in [5.74, 6) is -1.16. The van der Waals surface area contributed by atoms with Crippen molar-refractivity contribution in [1.82, 2.24) is 0 Å². The van der Waals surface area contributed by atoms with Crippen LogP contribution in [0.1, 0.15) is 19.4 Å². The van der Waals surface area contributed by atoms with Gasteiger partial charge in [0, 0.05) is 16.0 Å². The quantitative estimate of drug-likeness (QED) is 0.755. The summed E-state index contributed by atoms with van der Waals surface area (Å²) in [6.07, 6.45) is 0. The lowest BCUT2D eigenvalue weighted by molar-refractivity contribution is -0.140. The van der Waals surface area contributed by atoms with Crippen molar-refractivity contribution in [2.45, 2.75) is 25.3 Å². The molecule has 1 rings (SSSR count). The molecule has 1 unspecified atom stereocenters. The van der Waals surface area contributed by atoms with E-state index in [0.717, 1.165) is 0 Å². The highest BCUT2D eigenvalue weighted by Crippen LogP contribution is 2.34. The number of hydrogen-bond donors (Lipinski definition) is 3. The first-order chi connectivity index (χ1) is 7.26. The molecule has 1 atom stereocenters. The number of carbonyl (C=O) groups is 1. The number of carboxylic acids is 1. The first-order valence-corrected chi connectivity index (χ1v) is 5.12. The summed E-state index contributed by atoms with van der Waals surface area (Å²) in [4.78, 5) is 10.9. The van der Waals surface area contributed by atoms with Gasteiger partial charge >= 0.3 is 5.97 Å². The van der Waals surface area contributed by atoms with Crippen molar-refractivity contribution in [3.63, 3.8) is 0 Å². The van der Waals surface area contributed by atoms with Crippen LogP contribution in [0.3, 0.4) is 0 Å². The van der Waals surface area contributed by atoms with E-state index in [1.807, 2.05) is 0 Å². The van der Waals surface area contributed by atoms with Crippen LogP contribution in [-0.2, 0) is 10.2 Å². The molecule has 0 bridgehead atoms. The van der Waals surface area contributed by atoms with Crippen molar-refractivity contribution >= 4 is 17.6 Å². The average Bonchev–Trinajstić information content (AvgIpc) is 2.15. The standard InChI is InChI=1S/C11H14ClNO3/c1-11(2,9(13)10(15)16)7-4-3-6(12)5-8(7)14/h3-5,9,14H,13H2,1-2H3,(H,15,16). The van der Waals surface area contributed by atoms with Gasteiger partial charge in [0.05, 0.1) is 0 Å². The Labute approximate surface area is 98.6 Å². The van der Waals surface area contributed by atoms with Crippen LogP contribution in [0.4, 0.5) is 0 Å². The van der Waals surface area contributed by atoms with Gasteiger partial charge in [-0.15, -0.1) is 0 Å². The number of carboxylic acid groups (broad SMARTS) is 1. The van der Waals surface area contributed by atoms with E-state index < -0.39 is 17.4 Å². The zero-order valence-corrected chi connectivity index (χ0v) is 9.82. The maximum absolute atomic E-state index is 10.9. The molecular weight excluding hydrogens is 230 g/mol. The number of rotatable bonds is 3. The van der Waals surface area contributed by atoms with Crippen LogP contribution in [-0.4, -0.2) is 22.2 Å². The molecule has 1 aromatic rings. The first kappa shape index (κ1) is 12.8. The fourth-order valence-corrected chi connectivity index (χ4v) is 1.69. The van der Waals surface area contributed by atoms with E-state index in [2.05, 4.69) is 0 Å². The summed E-state index contributed by atoms with van der Waals surface area (Å²) in [6.45, 7) is 3.32. The third kappa shape index (κ3) is 2.28. The van der Waals surface area contributed by atoms with Gasteiger partial charge in [-0.3, -0.25) is 4.79 Å². The monoisotopic (exact) mass is 243 g/mol.